The SMILES string of the molecule is Cl.O=C(c1cccc(OC(F)F)c1)N1CCC(C2CCCN2)CC1. The Morgan fingerprint density at radius 3 is 2.62 bits per heavy atom. The van der Waals surface area contributed by atoms with Crippen LogP contribution in [-0.4, -0.2) is 43.1 Å². The van der Waals surface area contributed by atoms with Crippen LogP contribution in [0.5, 0.6) is 5.75 Å². The number of carbonyl (C=O) groups excluding carboxylic acids is 1. The number of nitrogens with zero attached hydrogens (tertiary/aromatic N) is 1. The van der Waals surface area contributed by atoms with Gasteiger partial charge in [-0.25, -0.2) is 0 Å². The summed E-state index contributed by atoms with van der Waals surface area (Å²) in [5, 5.41) is 3.54. The number of piperidine rings is 1. The van der Waals surface area contributed by atoms with E-state index in [0.717, 1.165) is 32.5 Å². The van der Waals surface area contributed by atoms with Gasteiger partial charge >= 0.3 is 6.61 Å². The Labute approximate surface area is 147 Å². The molecule has 1 aromatic rings. The third kappa shape index (κ3) is 4.57. The van der Waals surface area contributed by atoms with Crippen LogP contribution < -0.4 is 10.1 Å². The van der Waals surface area contributed by atoms with Gasteiger partial charge in [0.25, 0.3) is 5.91 Å². The number of carbonyl (C=O) groups is 1. The highest BCUT2D eigenvalue weighted by molar-refractivity contribution is 5.94. The first-order valence-corrected chi connectivity index (χ1v) is 8.21. The molecule has 0 saturated carbocycles. The number of halogens is 3. The first kappa shape index (κ1) is 18.9. The molecule has 0 aromatic heterocycles. The second-order valence-corrected chi connectivity index (χ2v) is 6.24. The molecule has 2 fully saturated rings. The molecule has 1 atom stereocenters. The van der Waals surface area contributed by atoms with Gasteiger partial charge in [-0.2, -0.15) is 8.78 Å². The van der Waals surface area contributed by atoms with Gasteiger partial charge in [0, 0.05) is 24.7 Å². The second kappa shape index (κ2) is 8.62. The Hall–Kier alpha value is -1.40. The maximum atomic E-state index is 12.5. The summed E-state index contributed by atoms with van der Waals surface area (Å²) in [6, 6.07) is 6.63. The molecule has 0 bridgehead atoms. The summed E-state index contributed by atoms with van der Waals surface area (Å²) in [4.78, 5) is 14.3. The van der Waals surface area contributed by atoms with Crippen LogP contribution >= 0.6 is 12.4 Å². The summed E-state index contributed by atoms with van der Waals surface area (Å²) in [5.74, 6) is 0.550. The molecule has 1 N–H and O–H groups in total. The number of rotatable bonds is 4. The molecule has 134 valence electrons. The Morgan fingerprint density at radius 2 is 2.00 bits per heavy atom. The molecule has 7 heteroatoms. The topological polar surface area (TPSA) is 41.6 Å². The van der Waals surface area contributed by atoms with Crippen LogP contribution in [-0.2, 0) is 0 Å². The minimum absolute atomic E-state index is 0. The average Bonchev–Trinajstić information content (AvgIpc) is 3.08. The number of amides is 1. The van der Waals surface area contributed by atoms with E-state index in [1.807, 2.05) is 4.90 Å². The fraction of sp³-hybridized carbons (Fsp3) is 0.588. The number of hydrogen-bond donors (Lipinski definition) is 1. The highest BCUT2D eigenvalue weighted by Gasteiger charge is 2.30. The van der Waals surface area contributed by atoms with Crippen LogP contribution in [0.4, 0.5) is 8.78 Å². The molecular weight excluding hydrogens is 338 g/mol. The summed E-state index contributed by atoms with van der Waals surface area (Å²) < 4.78 is 28.9. The van der Waals surface area contributed by atoms with E-state index in [4.69, 9.17) is 0 Å². The van der Waals surface area contributed by atoms with Gasteiger partial charge in [0.2, 0.25) is 0 Å². The fourth-order valence-corrected chi connectivity index (χ4v) is 3.61. The summed E-state index contributed by atoms with van der Waals surface area (Å²) in [5.41, 5.74) is 0.403. The molecule has 1 aromatic carbocycles. The van der Waals surface area contributed by atoms with Gasteiger partial charge in [-0.15, -0.1) is 12.4 Å². The molecule has 1 unspecified atom stereocenters. The molecule has 2 heterocycles. The van der Waals surface area contributed by atoms with E-state index in [0.29, 0.717) is 17.5 Å². The monoisotopic (exact) mass is 360 g/mol. The van der Waals surface area contributed by atoms with Crippen molar-refractivity contribution >= 4 is 18.3 Å². The third-order valence-electron chi connectivity index (χ3n) is 4.80. The summed E-state index contributed by atoms with van der Waals surface area (Å²) in [6.07, 6.45) is 4.46. The Bertz CT molecular complexity index is 545. The molecule has 24 heavy (non-hydrogen) atoms. The van der Waals surface area contributed by atoms with Crippen LogP contribution in [0.1, 0.15) is 36.0 Å². The standard InChI is InChI=1S/C17H22F2N2O2.ClH/c18-17(19)23-14-4-1-3-13(11-14)16(22)21-9-6-12(7-10-21)15-5-2-8-20-15;/h1,3-4,11-12,15,17,20H,2,5-10H2;1H. The van der Waals surface area contributed by atoms with Crippen molar-refractivity contribution in [2.45, 2.75) is 38.3 Å². The van der Waals surface area contributed by atoms with Crippen molar-refractivity contribution in [1.82, 2.24) is 10.2 Å². The lowest BCUT2D eigenvalue weighted by Gasteiger charge is -2.35. The number of likely N-dealkylation sites (tertiary alicyclic amines) is 1. The minimum Gasteiger partial charge on any atom is -0.435 e. The highest BCUT2D eigenvalue weighted by atomic mass is 35.5. The number of benzene rings is 1. The summed E-state index contributed by atoms with van der Waals surface area (Å²) >= 11 is 0. The van der Waals surface area contributed by atoms with Crippen molar-refractivity contribution in [2.24, 2.45) is 5.92 Å². The first-order chi connectivity index (χ1) is 11.1. The summed E-state index contributed by atoms with van der Waals surface area (Å²) in [6.45, 7) is -0.334. The zero-order valence-electron chi connectivity index (χ0n) is 13.4. The van der Waals surface area contributed by atoms with E-state index >= 15 is 0 Å². The molecule has 1 amide bonds. The van der Waals surface area contributed by atoms with Crippen LogP contribution in [0.2, 0.25) is 0 Å². The van der Waals surface area contributed by atoms with Gasteiger partial charge in [-0.3, -0.25) is 4.79 Å². The lowest BCUT2D eigenvalue weighted by molar-refractivity contribution is -0.0499. The van der Waals surface area contributed by atoms with E-state index in [1.165, 1.54) is 25.0 Å². The number of hydrogen-bond acceptors (Lipinski definition) is 3. The highest BCUT2D eigenvalue weighted by Crippen LogP contribution is 2.27. The number of alkyl halides is 2. The van der Waals surface area contributed by atoms with Crippen molar-refractivity contribution < 1.29 is 18.3 Å². The van der Waals surface area contributed by atoms with Crippen molar-refractivity contribution in [3.05, 3.63) is 29.8 Å². The normalized spacial score (nSPS) is 21.6. The van der Waals surface area contributed by atoms with E-state index in [2.05, 4.69) is 10.1 Å². The first-order valence-electron chi connectivity index (χ1n) is 8.21. The zero-order chi connectivity index (χ0) is 16.2. The molecule has 2 aliphatic rings. The summed E-state index contributed by atoms with van der Waals surface area (Å²) in [7, 11) is 0. The second-order valence-electron chi connectivity index (χ2n) is 6.24. The molecule has 2 saturated heterocycles. The smallest absolute Gasteiger partial charge is 0.387 e. The van der Waals surface area contributed by atoms with Crippen molar-refractivity contribution in [1.29, 1.82) is 0 Å². The molecule has 0 spiro atoms. The largest absolute Gasteiger partial charge is 0.435 e. The molecule has 0 aliphatic carbocycles. The van der Waals surface area contributed by atoms with Crippen LogP contribution in [0.3, 0.4) is 0 Å². The van der Waals surface area contributed by atoms with E-state index in [9.17, 15) is 13.6 Å². The average molecular weight is 361 g/mol. The van der Waals surface area contributed by atoms with Crippen LogP contribution in [0.15, 0.2) is 24.3 Å². The van der Waals surface area contributed by atoms with Gasteiger partial charge in [0.1, 0.15) is 5.75 Å². The predicted octanol–water partition coefficient (Wildman–Crippen LogP) is 3.31. The maximum absolute atomic E-state index is 12.5. The van der Waals surface area contributed by atoms with E-state index in [1.54, 1.807) is 12.1 Å². The van der Waals surface area contributed by atoms with Gasteiger partial charge in [0.05, 0.1) is 0 Å². The molecule has 0 radical (unpaired) electrons. The van der Waals surface area contributed by atoms with Gasteiger partial charge in [-0.05, 0) is 56.3 Å². The quantitative estimate of drug-likeness (QED) is 0.895. The minimum atomic E-state index is -2.88. The zero-order valence-corrected chi connectivity index (χ0v) is 14.2. The molecule has 3 rings (SSSR count). The van der Waals surface area contributed by atoms with Crippen LogP contribution in [0, 0.1) is 5.92 Å². The lowest BCUT2D eigenvalue weighted by Crippen LogP contribution is -2.43. The van der Waals surface area contributed by atoms with Crippen molar-refractivity contribution in [2.75, 3.05) is 19.6 Å². The van der Waals surface area contributed by atoms with Gasteiger partial charge in [0.15, 0.2) is 0 Å². The fourth-order valence-electron chi connectivity index (χ4n) is 3.61. The van der Waals surface area contributed by atoms with Gasteiger partial charge in [-0.1, -0.05) is 6.07 Å². The Balaban J connectivity index is 0.00000208. The number of ether oxygens (including phenoxy) is 1. The predicted molar refractivity (Wildman–Crippen MR) is 90.0 cm³/mol. The molecule has 4 nitrogen and oxygen atoms in total. The van der Waals surface area contributed by atoms with Crippen molar-refractivity contribution in [3.8, 4) is 5.75 Å². The van der Waals surface area contributed by atoms with Crippen molar-refractivity contribution in [3.63, 3.8) is 0 Å². The Kier molecular flexibility index (Phi) is 6.80. The third-order valence-corrected chi connectivity index (χ3v) is 4.80. The van der Waals surface area contributed by atoms with E-state index in [-0.39, 0.29) is 24.1 Å². The Morgan fingerprint density at radius 1 is 1.25 bits per heavy atom. The van der Waals surface area contributed by atoms with Gasteiger partial charge < -0.3 is 15.0 Å². The lowest BCUT2D eigenvalue weighted by atomic mass is 9.88. The molecule has 2 aliphatic heterocycles. The number of nitrogens with one attached hydrogen (secondary N) is 1. The molecular formula is C17H23ClF2N2O2. The maximum Gasteiger partial charge on any atom is 0.387 e. The van der Waals surface area contributed by atoms with Crippen LogP contribution in [0.25, 0.3) is 0 Å². The van der Waals surface area contributed by atoms with E-state index < -0.39 is 6.61 Å².